The van der Waals surface area contributed by atoms with E-state index in [1.165, 1.54) is 41.4 Å². The standard InChI is InChI=1S/C32H23F2N3O2/c1-19-10-15-25-26(16-19)35-31(38)30(29(25)20-6-3-2-4-7-20)27-18-28(22-8-5-9-24(34)17-22)37(36-27)32(39)21-11-13-23(33)14-12-21/h2-17,28H,18H2,1H3,(H,35,38). The van der Waals surface area contributed by atoms with Crippen molar-refractivity contribution < 1.29 is 13.6 Å². The number of aromatic amines is 1. The number of hydrogen-bond acceptors (Lipinski definition) is 3. The Morgan fingerprint density at radius 2 is 1.64 bits per heavy atom. The van der Waals surface area contributed by atoms with E-state index in [0.29, 0.717) is 27.9 Å². The number of aryl methyl sites for hydroxylation is 1. The van der Waals surface area contributed by atoms with Crippen LogP contribution in [-0.2, 0) is 0 Å². The summed E-state index contributed by atoms with van der Waals surface area (Å²) < 4.78 is 27.8. The molecule has 1 aromatic heterocycles. The number of carbonyl (C=O) groups is 1. The molecule has 0 bridgehead atoms. The Bertz CT molecular complexity index is 1810. The Hall–Kier alpha value is -4.91. The number of halogens is 2. The van der Waals surface area contributed by atoms with Crippen molar-refractivity contribution in [1.82, 2.24) is 9.99 Å². The summed E-state index contributed by atoms with van der Waals surface area (Å²) in [5.41, 5.74) is 4.44. The van der Waals surface area contributed by atoms with Crippen LogP contribution in [0.5, 0.6) is 0 Å². The van der Waals surface area contributed by atoms with Crippen molar-refractivity contribution in [3.8, 4) is 11.1 Å². The van der Waals surface area contributed by atoms with Crippen LogP contribution in [0.3, 0.4) is 0 Å². The first-order valence-corrected chi connectivity index (χ1v) is 12.5. The lowest BCUT2D eigenvalue weighted by atomic mass is 9.90. The van der Waals surface area contributed by atoms with Gasteiger partial charge in [-0.3, -0.25) is 9.59 Å². The third kappa shape index (κ3) is 4.52. The molecule has 0 saturated heterocycles. The smallest absolute Gasteiger partial charge is 0.274 e. The van der Waals surface area contributed by atoms with E-state index >= 15 is 0 Å². The fourth-order valence-electron chi connectivity index (χ4n) is 5.14. The predicted octanol–water partition coefficient (Wildman–Crippen LogP) is 6.77. The molecular weight excluding hydrogens is 496 g/mol. The van der Waals surface area contributed by atoms with Crippen molar-refractivity contribution in [3.05, 3.63) is 141 Å². The van der Waals surface area contributed by atoms with Gasteiger partial charge in [-0.25, -0.2) is 13.8 Å². The topological polar surface area (TPSA) is 65.5 Å². The molecule has 0 radical (unpaired) electrons. The number of hydrogen-bond donors (Lipinski definition) is 1. The van der Waals surface area contributed by atoms with Gasteiger partial charge in [-0.15, -0.1) is 0 Å². The van der Waals surface area contributed by atoms with Crippen LogP contribution in [0.4, 0.5) is 8.78 Å². The number of H-pyrrole nitrogens is 1. The van der Waals surface area contributed by atoms with Gasteiger partial charge in [0.2, 0.25) is 0 Å². The molecule has 1 unspecified atom stereocenters. The normalized spacial score (nSPS) is 15.0. The highest BCUT2D eigenvalue weighted by Gasteiger charge is 2.36. The Morgan fingerprint density at radius 1 is 0.872 bits per heavy atom. The number of amides is 1. The summed E-state index contributed by atoms with van der Waals surface area (Å²) in [5.74, 6) is -1.39. The highest BCUT2D eigenvalue weighted by Crippen LogP contribution is 2.37. The van der Waals surface area contributed by atoms with Gasteiger partial charge in [0.25, 0.3) is 11.5 Å². The van der Waals surface area contributed by atoms with Gasteiger partial charge in [-0.2, -0.15) is 5.10 Å². The molecule has 39 heavy (non-hydrogen) atoms. The molecule has 1 aliphatic rings. The highest BCUT2D eigenvalue weighted by atomic mass is 19.1. The van der Waals surface area contributed by atoms with Crippen molar-refractivity contribution >= 4 is 22.5 Å². The van der Waals surface area contributed by atoms with Gasteiger partial charge >= 0.3 is 0 Å². The van der Waals surface area contributed by atoms with Crippen molar-refractivity contribution in [3.63, 3.8) is 0 Å². The van der Waals surface area contributed by atoms with E-state index in [1.807, 2.05) is 55.5 Å². The fraction of sp³-hybridized carbons (Fsp3) is 0.0938. The molecular formula is C32H23F2N3O2. The number of carbonyl (C=O) groups excluding carboxylic acids is 1. The van der Waals surface area contributed by atoms with Gasteiger partial charge in [0.1, 0.15) is 11.6 Å². The van der Waals surface area contributed by atoms with Crippen molar-refractivity contribution in [2.75, 3.05) is 0 Å². The van der Waals surface area contributed by atoms with Crippen LogP contribution in [0.15, 0.2) is 107 Å². The van der Waals surface area contributed by atoms with Crippen LogP contribution in [0.25, 0.3) is 22.0 Å². The minimum atomic E-state index is -0.662. The van der Waals surface area contributed by atoms with Gasteiger partial charge in [0.05, 0.1) is 17.3 Å². The van der Waals surface area contributed by atoms with E-state index < -0.39 is 23.6 Å². The Balaban J connectivity index is 1.56. The molecule has 4 aromatic carbocycles. The quantitative estimate of drug-likeness (QED) is 0.285. The zero-order chi connectivity index (χ0) is 27.1. The zero-order valence-corrected chi connectivity index (χ0v) is 21.0. The van der Waals surface area contributed by atoms with Gasteiger partial charge in [0, 0.05) is 28.5 Å². The fourth-order valence-corrected chi connectivity index (χ4v) is 5.14. The van der Waals surface area contributed by atoms with Gasteiger partial charge in [-0.1, -0.05) is 54.6 Å². The van der Waals surface area contributed by atoms with Crippen LogP contribution >= 0.6 is 0 Å². The van der Waals surface area contributed by atoms with E-state index in [9.17, 15) is 18.4 Å². The van der Waals surface area contributed by atoms with Gasteiger partial charge in [-0.05, 0) is 66.1 Å². The first kappa shape index (κ1) is 24.4. The van der Waals surface area contributed by atoms with E-state index in [2.05, 4.69) is 10.1 Å². The molecule has 1 amide bonds. The molecule has 192 valence electrons. The van der Waals surface area contributed by atoms with Crippen LogP contribution in [0.1, 0.15) is 39.5 Å². The van der Waals surface area contributed by atoms with Crippen LogP contribution < -0.4 is 5.56 Å². The summed E-state index contributed by atoms with van der Waals surface area (Å²) in [6, 6.07) is 25.9. The number of benzene rings is 4. The molecule has 7 heteroatoms. The number of nitrogens with one attached hydrogen (secondary N) is 1. The Labute approximate surface area is 223 Å². The van der Waals surface area contributed by atoms with Crippen molar-refractivity contribution in [2.24, 2.45) is 5.10 Å². The number of nitrogens with zero attached hydrogens (tertiary/aromatic N) is 2. The van der Waals surface area contributed by atoms with E-state index in [-0.39, 0.29) is 17.5 Å². The van der Waals surface area contributed by atoms with Gasteiger partial charge < -0.3 is 4.98 Å². The van der Waals surface area contributed by atoms with E-state index in [0.717, 1.165) is 16.5 Å². The molecule has 6 rings (SSSR count). The van der Waals surface area contributed by atoms with Crippen molar-refractivity contribution in [2.45, 2.75) is 19.4 Å². The highest BCUT2D eigenvalue weighted by molar-refractivity contribution is 6.13. The lowest BCUT2D eigenvalue weighted by Gasteiger charge is -2.22. The number of hydrazone groups is 1. The monoisotopic (exact) mass is 519 g/mol. The molecule has 2 heterocycles. The second kappa shape index (κ2) is 9.76. The molecule has 1 atom stereocenters. The van der Waals surface area contributed by atoms with Crippen LogP contribution in [0.2, 0.25) is 0 Å². The second-order valence-corrected chi connectivity index (χ2v) is 9.60. The summed E-state index contributed by atoms with van der Waals surface area (Å²) in [4.78, 5) is 30.3. The van der Waals surface area contributed by atoms with Crippen molar-refractivity contribution in [1.29, 1.82) is 0 Å². The summed E-state index contributed by atoms with van der Waals surface area (Å²) in [6.45, 7) is 1.96. The molecule has 0 fully saturated rings. The third-order valence-corrected chi connectivity index (χ3v) is 6.96. The SMILES string of the molecule is Cc1ccc2c(-c3ccccc3)c(C3=NN(C(=O)c4ccc(F)cc4)C(c4cccc(F)c4)C3)c(=O)[nH]c2c1. The maximum atomic E-state index is 14.3. The molecule has 0 spiro atoms. The summed E-state index contributed by atoms with van der Waals surface area (Å²) in [7, 11) is 0. The minimum absolute atomic E-state index is 0.191. The molecule has 0 saturated carbocycles. The lowest BCUT2D eigenvalue weighted by Crippen LogP contribution is -2.27. The van der Waals surface area contributed by atoms with E-state index in [4.69, 9.17) is 0 Å². The Kier molecular flexibility index (Phi) is 6.11. The second-order valence-electron chi connectivity index (χ2n) is 9.60. The first-order chi connectivity index (χ1) is 18.9. The molecule has 1 aliphatic heterocycles. The average Bonchev–Trinajstić information content (AvgIpc) is 3.38. The summed E-state index contributed by atoms with van der Waals surface area (Å²) in [6.07, 6.45) is 0.191. The minimum Gasteiger partial charge on any atom is -0.321 e. The summed E-state index contributed by atoms with van der Waals surface area (Å²) >= 11 is 0. The largest absolute Gasteiger partial charge is 0.321 e. The molecule has 0 aliphatic carbocycles. The van der Waals surface area contributed by atoms with Crippen LogP contribution in [-0.4, -0.2) is 21.6 Å². The predicted molar refractivity (Wildman–Crippen MR) is 148 cm³/mol. The average molecular weight is 520 g/mol. The van der Waals surface area contributed by atoms with E-state index in [1.54, 1.807) is 12.1 Å². The zero-order valence-electron chi connectivity index (χ0n) is 21.0. The molecule has 1 N–H and O–H groups in total. The lowest BCUT2D eigenvalue weighted by molar-refractivity contribution is 0.0711. The third-order valence-electron chi connectivity index (χ3n) is 6.96. The summed E-state index contributed by atoms with van der Waals surface area (Å²) in [5, 5.41) is 6.79. The number of pyridine rings is 1. The number of rotatable bonds is 4. The molecule has 5 nitrogen and oxygen atoms in total. The maximum absolute atomic E-state index is 14.3. The number of aromatic nitrogens is 1. The van der Waals surface area contributed by atoms with Crippen LogP contribution in [0, 0.1) is 18.6 Å². The molecule has 5 aromatic rings. The Morgan fingerprint density at radius 3 is 2.38 bits per heavy atom. The number of fused-ring (bicyclic) bond motifs is 1. The first-order valence-electron chi connectivity index (χ1n) is 12.5. The van der Waals surface area contributed by atoms with Gasteiger partial charge in [0.15, 0.2) is 0 Å². The maximum Gasteiger partial charge on any atom is 0.274 e.